The number of carbonyl (C=O) groups is 2. The summed E-state index contributed by atoms with van der Waals surface area (Å²) in [6.07, 6.45) is 5.28. The quantitative estimate of drug-likeness (QED) is 0.159. The fourth-order valence-electron chi connectivity index (χ4n) is 6.13. The molecule has 1 saturated carbocycles. The summed E-state index contributed by atoms with van der Waals surface area (Å²) >= 11 is 9.75. The van der Waals surface area contributed by atoms with Crippen LogP contribution in [0.25, 0.3) is 0 Å². The van der Waals surface area contributed by atoms with Crippen LogP contribution >= 0.6 is 27.5 Å². The van der Waals surface area contributed by atoms with E-state index in [1.807, 2.05) is 61.5 Å². The molecule has 5 rings (SSSR count). The molecule has 0 radical (unpaired) electrons. The highest BCUT2D eigenvalue weighted by atomic mass is 79.9. The van der Waals surface area contributed by atoms with Gasteiger partial charge in [-0.15, -0.1) is 0 Å². The van der Waals surface area contributed by atoms with Crippen LogP contribution in [0, 0.1) is 13.8 Å². The zero-order chi connectivity index (χ0) is 34.3. The lowest BCUT2D eigenvalue weighted by Crippen LogP contribution is -2.55. The van der Waals surface area contributed by atoms with Crippen LogP contribution < -0.4 is 9.62 Å². The van der Waals surface area contributed by atoms with Crippen LogP contribution in [0.1, 0.15) is 54.4 Å². The monoisotopic (exact) mass is 749 g/mol. The Hall–Kier alpha value is -3.66. The highest BCUT2D eigenvalue weighted by Gasteiger charge is 2.36. The van der Waals surface area contributed by atoms with Crippen molar-refractivity contribution in [3.8, 4) is 0 Å². The molecule has 1 atom stereocenters. The smallest absolute Gasteiger partial charge is 0.264 e. The number of nitrogens with one attached hydrogen (secondary N) is 1. The van der Waals surface area contributed by atoms with Crippen molar-refractivity contribution < 1.29 is 18.0 Å². The summed E-state index contributed by atoms with van der Waals surface area (Å²) in [6, 6.07) is 27.8. The number of nitrogens with zero attached hydrogens (tertiary/aromatic N) is 2. The summed E-state index contributed by atoms with van der Waals surface area (Å²) in [5, 5.41) is 3.70. The van der Waals surface area contributed by atoms with Gasteiger partial charge in [0.05, 0.1) is 10.6 Å². The van der Waals surface area contributed by atoms with E-state index in [2.05, 4.69) is 21.2 Å². The number of halogens is 2. The molecular weight excluding hydrogens is 710 g/mol. The van der Waals surface area contributed by atoms with Crippen LogP contribution in [0.3, 0.4) is 0 Å². The molecule has 0 aliphatic heterocycles. The molecule has 4 aromatic carbocycles. The first kappa shape index (κ1) is 35.6. The molecule has 0 spiro atoms. The van der Waals surface area contributed by atoms with Gasteiger partial charge in [0, 0.05) is 28.5 Å². The van der Waals surface area contributed by atoms with Gasteiger partial charge in [0.2, 0.25) is 11.8 Å². The second-order valence-corrected chi connectivity index (χ2v) is 15.7. The standard InChI is InChI=1S/C38H41BrClN3O4S/c1-27-13-20-34(21-14-27)48(46,47)43(35-22-19-32(40)23-28(35)2)26-37(44)42(25-30-15-17-31(39)18-16-30)36(24-29-9-5-3-6-10-29)38(45)41-33-11-7-4-8-12-33/h3,5-6,9-10,13-23,33,36H,4,7-8,11-12,24-26H2,1-2H3,(H,41,45)/t36-/m1/s1. The number of hydrogen-bond acceptors (Lipinski definition) is 4. The van der Waals surface area contributed by atoms with Crippen LogP contribution in [-0.4, -0.2) is 43.8 Å². The number of anilines is 1. The predicted molar refractivity (Wildman–Crippen MR) is 196 cm³/mol. The second kappa shape index (κ2) is 16.2. The van der Waals surface area contributed by atoms with E-state index in [9.17, 15) is 18.0 Å². The van der Waals surface area contributed by atoms with E-state index in [1.54, 1.807) is 49.4 Å². The van der Waals surface area contributed by atoms with E-state index in [0.717, 1.165) is 57.6 Å². The van der Waals surface area contributed by atoms with E-state index in [-0.39, 0.29) is 29.8 Å². The molecule has 0 heterocycles. The Morgan fingerprint density at radius 1 is 0.875 bits per heavy atom. The van der Waals surface area contributed by atoms with Gasteiger partial charge in [0.1, 0.15) is 12.6 Å². The minimum atomic E-state index is -4.20. The zero-order valence-corrected chi connectivity index (χ0v) is 30.4. The average Bonchev–Trinajstić information content (AvgIpc) is 3.07. The minimum absolute atomic E-state index is 0.0317. The molecule has 0 aromatic heterocycles. The van der Waals surface area contributed by atoms with Gasteiger partial charge in [-0.05, 0) is 85.8 Å². The summed E-state index contributed by atoms with van der Waals surface area (Å²) in [4.78, 5) is 30.6. The Bertz CT molecular complexity index is 1810. The van der Waals surface area contributed by atoms with Crippen molar-refractivity contribution >= 4 is 55.1 Å². The maximum absolute atomic E-state index is 14.7. The van der Waals surface area contributed by atoms with Crippen LogP contribution in [0.5, 0.6) is 0 Å². The molecule has 0 bridgehead atoms. The Balaban J connectivity index is 1.58. The Morgan fingerprint density at radius 3 is 2.19 bits per heavy atom. The maximum Gasteiger partial charge on any atom is 0.264 e. The van der Waals surface area contributed by atoms with Crippen molar-refractivity contribution in [3.05, 3.63) is 129 Å². The second-order valence-electron chi connectivity index (χ2n) is 12.5. The number of amides is 2. The first-order valence-corrected chi connectivity index (χ1v) is 18.9. The van der Waals surface area contributed by atoms with Gasteiger partial charge in [-0.2, -0.15) is 0 Å². The number of aryl methyl sites for hydroxylation is 2. The molecule has 1 N–H and O–H groups in total. The third-order valence-electron chi connectivity index (χ3n) is 8.80. The summed E-state index contributed by atoms with van der Waals surface area (Å²) in [5.74, 6) is -0.741. The molecule has 0 unspecified atom stereocenters. The Kier molecular flexibility index (Phi) is 12.0. The molecule has 2 amide bonds. The lowest BCUT2D eigenvalue weighted by Gasteiger charge is -2.35. The number of sulfonamides is 1. The van der Waals surface area contributed by atoms with E-state index in [1.165, 1.54) is 4.90 Å². The van der Waals surface area contributed by atoms with Crippen molar-refractivity contribution in [1.29, 1.82) is 0 Å². The highest BCUT2D eigenvalue weighted by molar-refractivity contribution is 9.10. The first-order valence-electron chi connectivity index (χ1n) is 16.2. The van der Waals surface area contributed by atoms with Gasteiger partial charge in [0.25, 0.3) is 10.0 Å². The molecule has 1 aliphatic carbocycles. The third kappa shape index (κ3) is 9.07. The van der Waals surface area contributed by atoms with Gasteiger partial charge in [0.15, 0.2) is 0 Å². The van der Waals surface area contributed by atoms with Crippen molar-refractivity contribution in [3.63, 3.8) is 0 Å². The van der Waals surface area contributed by atoms with E-state index in [0.29, 0.717) is 16.3 Å². The van der Waals surface area contributed by atoms with Crippen molar-refractivity contribution in [2.75, 3.05) is 10.8 Å². The molecule has 1 aliphatic rings. The van der Waals surface area contributed by atoms with Crippen LogP contribution in [-0.2, 0) is 32.6 Å². The molecule has 252 valence electrons. The van der Waals surface area contributed by atoms with Crippen LogP contribution in [0.4, 0.5) is 5.69 Å². The summed E-state index contributed by atoms with van der Waals surface area (Å²) in [5.41, 5.74) is 3.55. The fourth-order valence-corrected chi connectivity index (χ4v) is 8.10. The van der Waals surface area contributed by atoms with Crippen molar-refractivity contribution in [2.24, 2.45) is 0 Å². The van der Waals surface area contributed by atoms with Crippen molar-refractivity contribution in [1.82, 2.24) is 10.2 Å². The molecule has 0 saturated heterocycles. The van der Waals surface area contributed by atoms with E-state index < -0.39 is 28.5 Å². The highest BCUT2D eigenvalue weighted by Crippen LogP contribution is 2.30. The molecule has 10 heteroatoms. The molecule has 7 nitrogen and oxygen atoms in total. The SMILES string of the molecule is Cc1ccc(S(=O)(=O)N(CC(=O)N(Cc2ccc(Br)cc2)[C@H](Cc2ccccc2)C(=O)NC2CCCCC2)c2ccc(Cl)cc2C)cc1. The Morgan fingerprint density at radius 2 is 1.54 bits per heavy atom. The third-order valence-corrected chi connectivity index (χ3v) is 11.3. The summed E-state index contributed by atoms with van der Waals surface area (Å²) in [7, 11) is -4.20. The summed E-state index contributed by atoms with van der Waals surface area (Å²) in [6.45, 7) is 3.24. The topological polar surface area (TPSA) is 86.8 Å². The lowest BCUT2D eigenvalue weighted by molar-refractivity contribution is -0.140. The van der Waals surface area contributed by atoms with Crippen molar-refractivity contribution in [2.45, 2.75) is 75.9 Å². The molecule has 48 heavy (non-hydrogen) atoms. The molecule has 1 fully saturated rings. The molecular formula is C38H41BrClN3O4S. The van der Waals surface area contributed by atoms with E-state index in [4.69, 9.17) is 11.6 Å². The maximum atomic E-state index is 14.7. The Labute approximate surface area is 297 Å². The van der Waals surface area contributed by atoms with Crippen LogP contribution in [0.2, 0.25) is 5.02 Å². The first-order chi connectivity index (χ1) is 23.0. The predicted octanol–water partition coefficient (Wildman–Crippen LogP) is 8.00. The lowest BCUT2D eigenvalue weighted by atomic mass is 9.94. The number of rotatable bonds is 12. The van der Waals surface area contributed by atoms with Gasteiger partial charge >= 0.3 is 0 Å². The van der Waals surface area contributed by atoms with E-state index >= 15 is 0 Å². The number of carbonyl (C=O) groups excluding carboxylic acids is 2. The van der Waals surface area contributed by atoms with Gasteiger partial charge in [-0.3, -0.25) is 13.9 Å². The van der Waals surface area contributed by atoms with Gasteiger partial charge < -0.3 is 10.2 Å². The largest absolute Gasteiger partial charge is 0.352 e. The van der Waals surface area contributed by atoms with Gasteiger partial charge in [-0.25, -0.2) is 8.42 Å². The minimum Gasteiger partial charge on any atom is -0.352 e. The van der Waals surface area contributed by atoms with Gasteiger partial charge in [-0.1, -0.05) is 107 Å². The number of benzene rings is 4. The zero-order valence-electron chi connectivity index (χ0n) is 27.2. The summed E-state index contributed by atoms with van der Waals surface area (Å²) < 4.78 is 30.7. The fraction of sp³-hybridized carbons (Fsp3) is 0.316. The number of hydrogen-bond donors (Lipinski definition) is 1. The average molecular weight is 751 g/mol. The molecule has 4 aromatic rings. The normalized spacial score (nSPS) is 14.2. The van der Waals surface area contributed by atoms with Crippen LogP contribution in [0.15, 0.2) is 106 Å².